The third kappa shape index (κ3) is 5.57. The van der Waals surface area contributed by atoms with E-state index >= 15 is 0 Å². The van der Waals surface area contributed by atoms with Crippen LogP contribution in [0.2, 0.25) is 0 Å². The largest absolute Gasteiger partial charge is 0.378 e. The second-order valence-electron chi connectivity index (χ2n) is 8.62. The number of para-hydroxylation sites is 1. The molecule has 10 heteroatoms. The summed E-state index contributed by atoms with van der Waals surface area (Å²) >= 11 is 0. The van der Waals surface area contributed by atoms with Gasteiger partial charge in [-0.3, -0.25) is 9.69 Å². The van der Waals surface area contributed by atoms with E-state index in [1.807, 2.05) is 24.1 Å². The zero-order valence-electron chi connectivity index (χ0n) is 19.4. The highest BCUT2D eigenvalue weighted by Gasteiger charge is 2.32. The number of hydrogen-bond acceptors (Lipinski definition) is 6. The molecule has 2 fully saturated rings. The third-order valence-corrected chi connectivity index (χ3v) is 8.17. The summed E-state index contributed by atoms with van der Waals surface area (Å²) < 4.78 is 46.3. The number of amides is 1. The maximum Gasteiger partial charge on any atom is 0.246 e. The molecule has 0 unspecified atom stereocenters. The number of sulfonamides is 1. The quantitative estimate of drug-likeness (QED) is 0.588. The lowest BCUT2D eigenvalue weighted by Crippen LogP contribution is -2.52. The molecule has 0 saturated carbocycles. The summed E-state index contributed by atoms with van der Waals surface area (Å²) in [5, 5.41) is 0. The monoisotopic (exact) mass is 490 g/mol. The first kappa shape index (κ1) is 24.6. The Morgan fingerprint density at radius 2 is 1.62 bits per heavy atom. The van der Waals surface area contributed by atoms with E-state index in [9.17, 15) is 17.6 Å². The van der Waals surface area contributed by atoms with Gasteiger partial charge in [-0.15, -0.1) is 0 Å². The molecule has 0 atom stereocenters. The summed E-state index contributed by atoms with van der Waals surface area (Å²) in [5.41, 5.74) is 2.32. The number of anilines is 1. The number of carbonyl (C=O) groups excluding carboxylic acids is 1. The minimum atomic E-state index is -3.92. The van der Waals surface area contributed by atoms with Crippen molar-refractivity contribution in [1.82, 2.24) is 14.1 Å². The highest BCUT2D eigenvalue weighted by Crippen LogP contribution is 2.23. The molecule has 0 aliphatic carbocycles. The molecule has 0 bridgehead atoms. The van der Waals surface area contributed by atoms with E-state index in [0.29, 0.717) is 19.8 Å². The van der Waals surface area contributed by atoms with Gasteiger partial charge in [-0.2, -0.15) is 4.31 Å². The number of benzene rings is 2. The van der Waals surface area contributed by atoms with E-state index in [-0.39, 0.29) is 43.5 Å². The standard InChI is InChI=1S/C24H31FN4O4S/c1-26(18-20-6-2-4-8-22(20)27-14-16-33-17-15-27)19-24(30)28-10-12-29(13-11-28)34(31,32)23-9-5-3-7-21(23)25/h2-9H,10-19H2,1H3. The second kappa shape index (κ2) is 10.8. The van der Waals surface area contributed by atoms with Crippen molar-refractivity contribution in [2.45, 2.75) is 11.4 Å². The molecule has 184 valence electrons. The molecule has 4 rings (SSSR count). The van der Waals surface area contributed by atoms with Crippen LogP contribution < -0.4 is 4.90 Å². The van der Waals surface area contributed by atoms with Crippen molar-refractivity contribution < 1.29 is 22.3 Å². The first-order valence-electron chi connectivity index (χ1n) is 11.5. The van der Waals surface area contributed by atoms with Crippen LogP contribution >= 0.6 is 0 Å². The number of rotatable bonds is 7. The van der Waals surface area contributed by atoms with Gasteiger partial charge in [0.25, 0.3) is 0 Å². The molecule has 2 heterocycles. The topological polar surface area (TPSA) is 73.4 Å². The van der Waals surface area contributed by atoms with Gasteiger partial charge in [-0.1, -0.05) is 30.3 Å². The maximum absolute atomic E-state index is 14.0. The van der Waals surface area contributed by atoms with Crippen LogP contribution in [0.25, 0.3) is 0 Å². The average Bonchev–Trinajstić information content (AvgIpc) is 2.85. The lowest BCUT2D eigenvalue weighted by Gasteiger charge is -2.35. The molecule has 0 N–H and O–H groups in total. The fourth-order valence-electron chi connectivity index (χ4n) is 4.41. The predicted molar refractivity (Wildman–Crippen MR) is 128 cm³/mol. The van der Waals surface area contributed by atoms with Crippen molar-refractivity contribution in [1.29, 1.82) is 0 Å². The molecule has 0 spiro atoms. The van der Waals surface area contributed by atoms with E-state index in [1.54, 1.807) is 4.90 Å². The van der Waals surface area contributed by atoms with Crippen LogP contribution in [0.3, 0.4) is 0 Å². The van der Waals surface area contributed by atoms with Crippen LogP contribution in [0, 0.1) is 5.82 Å². The van der Waals surface area contributed by atoms with Gasteiger partial charge >= 0.3 is 0 Å². The molecular formula is C24H31FN4O4S. The fraction of sp³-hybridized carbons (Fsp3) is 0.458. The van der Waals surface area contributed by atoms with Gasteiger partial charge in [0.15, 0.2) is 0 Å². The van der Waals surface area contributed by atoms with E-state index in [1.165, 1.54) is 22.5 Å². The van der Waals surface area contributed by atoms with Crippen molar-refractivity contribution in [3.05, 3.63) is 59.9 Å². The van der Waals surface area contributed by atoms with Gasteiger partial charge in [0.1, 0.15) is 10.7 Å². The van der Waals surface area contributed by atoms with Gasteiger partial charge < -0.3 is 14.5 Å². The minimum Gasteiger partial charge on any atom is -0.378 e. The Hall–Kier alpha value is -2.53. The number of morpholine rings is 1. The molecule has 0 radical (unpaired) electrons. The first-order chi connectivity index (χ1) is 16.4. The van der Waals surface area contributed by atoms with E-state index in [0.717, 1.165) is 30.4 Å². The molecule has 2 saturated heterocycles. The maximum atomic E-state index is 14.0. The van der Waals surface area contributed by atoms with Crippen LogP contribution in [0.15, 0.2) is 53.4 Å². The Bertz CT molecular complexity index is 1100. The van der Waals surface area contributed by atoms with E-state index in [4.69, 9.17) is 4.74 Å². The molecule has 8 nitrogen and oxygen atoms in total. The second-order valence-corrected chi connectivity index (χ2v) is 10.5. The highest BCUT2D eigenvalue weighted by atomic mass is 32.2. The Kier molecular flexibility index (Phi) is 7.82. The zero-order valence-corrected chi connectivity index (χ0v) is 20.2. The molecule has 2 aliphatic rings. The van der Waals surface area contributed by atoms with Crippen molar-refractivity contribution >= 4 is 21.6 Å². The highest BCUT2D eigenvalue weighted by molar-refractivity contribution is 7.89. The fourth-order valence-corrected chi connectivity index (χ4v) is 5.89. The summed E-state index contributed by atoms with van der Waals surface area (Å²) in [6.07, 6.45) is 0. The molecule has 1 amide bonds. The van der Waals surface area contributed by atoms with Gasteiger partial charge in [0.05, 0.1) is 19.8 Å². The zero-order chi connectivity index (χ0) is 24.1. The molecule has 0 aromatic heterocycles. The number of ether oxygens (including phenoxy) is 1. The first-order valence-corrected chi connectivity index (χ1v) is 12.9. The Labute approximate surface area is 200 Å². The number of nitrogens with zero attached hydrogens (tertiary/aromatic N) is 4. The van der Waals surface area contributed by atoms with E-state index < -0.39 is 15.8 Å². The van der Waals surface area contributed by atoms with Crippen LogP contribution in [0.4, 0.5) is 10.1 Å². The third-order valence-electron chi connectivity index (χ3n) is 6.23. The lowest BCUT2D eigenvalue weighted by atomic mass is 10.1. The summed E-state index contributed by atoms with van der Waals surface area (Å²) in [5.74, 6) is -0.811. The number of carbonyl (C=O) groups is 1. The molecule has 2 aromatic rings. The number of likely N-dealkylation sites (N-methyl/N-ethyl adjacent to an activating group) is 1. The number of piperazine rings is 1. The lowest BCUT2D eigenvalue weighted by molar-refractivity contribution is -0.133. The van der Waals surface area contributed by atoms with Gasteiger partial charge in [0.2, 0.25) is 15.9 Å². The normalized spacial score (nSPS) is 17.9. The van der Waals surface area contributed by atoms with Gasteiger partial charge in [0, 0.05) is 51.5 Å². The Morgan fingerprint density at radius 1 is 0.971 bits per heavy atom. The van der Waals surface area contributed by atoms with Gasteiger partial charge in [-0.05, 0) is 30.8 Å². The molecule has 34 heavy (non-hydrogen) atoms. The molecule has 2 aromatic carbocycles. The summed E-state index contributed by atoms with van der Waals surface area (Å²) in [6, 6.07) is 13.6. The number of halogens is 1. The Balaban J connectivity index is 1.32. The van der Waals surface area contributed by atoms with Crippen molar-refractivity contribution in [3.63, 3.8) is 0 Å². The summed E-state index contributed by atoms with van der Waals surface area (Å²) in [4.78, 5) is 18.5. The predicted octanol–water partition coefficient (Wildman–Crippen LogP) is 1.63. The van der Waals surface area contributed by atoms with E-state index in [2.05, 4.69) is 17.0 Å². The summed E-state index contributed by atoms with van der Waals surface area (Å²) in [7, 11) is -2.02. The van der Waals surface area contributed by atoms with Crippen molar-refractivity contribution in [2.75, 3.05) is 71.0 Å². The molecular weight excluding hydrogens is 459 g/mol. The van der Waals surface area contributed by atoms with Crippen LogP contribution in [-0.4, -0.2) is 94.5 Å². The van der Waals surface area contributed by atoms with Crippen molar-refractivity contribution in [3.8, 4) is 0 Å². The minimum absolute atomic E-state index is 0.0470. The van der Waals surface area contributed by atoms with Crippen LogP contribution in [-0.2, 0) is 26.1 Å². The SMILES string of the molecule is CN(CC(=O)N1CCN(S(=O)(=O)c2ccccc2F)CC1)Cc1ccccc1N1CCOCC1. The van der Waals surface area contributed by atoms with Gasteiger partial charge in [-0.25, -0.2) is 12.8 Å². The number of hydrogen-bond donors (Lipinski definition) is 0. The molecule has 2 aliphatic heterocycles. The Morgan fingerprint density at radius 3 is 2.32 bits per heavy atom. The average molecular weight is 491 g/mol. The van der Waals surface area contributed by atoms with Crippen LogP contribution in [0.5, 0.6) is 0 Å². The van der Waals surface area contributed by atoms with Crippen LogP contribution in [0.1, 0.15) is 5.56 Å². The summed E-state index contributed by atoms with van der Waals surface area (Å²) in [6.45, 7) is 4.83. The van der Waals surface area contributed by atoms with Crippen molar-refractivity contribution in [2.24, 2.45) is 0 Å². The smallest absolute Gasteiger partial charge is 0.246 e.